The van der Waals surface area contributed by atoms with Crippen molar-refractivity contribution in [3.8, 4) is 0 Å². The molecule has 0 radical (unpaired) electrons. The van der Waals surface area contributed by atoms with Gasteiger partial charge in [0.15, 0.2) is 0 Å². The number of carbonyl (C=O) groups is 1. The highest BCUT2D eigenvalue weighted by Gasteiger charge is 2.20. The summed E-state index contributed by atoms with van der Waals surface area (Å²) in [5.41, 5.74) is 6.11. The summed E-state index contributed by atoms with van der Waals surface area (Å²) in [6.07, 6.45) is 4.59. The lowest BCUT2D eigenvalue weighted by atomic mass is 10.1. The highest BCUT2D eigenvalue weighted by Crippen LogP contribution is 2.19. The monoisotopic (exact) mass is 309 g/mol. The van der Waals surface area contributed by atoms with Crippen LogP contribution in [0, 0.1) is 5.82 Å². The molecule has 1 aromatic carbocycles. The van der Waals surface area contributed by atoms with Gasteiger partial charge in [0.2, 0.25) is 5.91 Å². The fourth-order valence-corrected chi connectivity index (χ4v) is 2.83. The Hall–Kier alpha value is -1.66. The van der Waals surface area contributed by atoms with Crippen LogP contribution in [0.25, 0.3) is 0 Å². The van der Waals surface area contributed by atoms with E-state index in [4.69, 9.17) is 5.73 Å². The number of benzene rings is 1. The maximum Gasteiger partial charge on any atom is 0.225 e. The number of nitrogens with two attached hydrogens (primary N) is 1. The van der Waals surface area contributed by atoms with Gasteiger partial charge in [-0.05, 0) is 37.6 Å². The maximum absolute atomic E-state index is 13.6. The number of anilines is 2. The van der Waals surface area contributed by atoms with Gasteiger partial charge >= 0.3 is 0 Å². The Balaban J connectivity index is 1.87. The molecule has 0 spiro atoms. The first-order valence-electron chi connectivity index (χ1n) is 7.80. The summed E-state index contributed by atoms with van der Waals surface area (Å²) in [4.78, 5) is 14.1. The number of nitrogen functional groups attached to an aromatic ring is 1. The van der Waals surface area contributed by atoms with Crippen molar-refractivity contribution < 1.29 is 14.3 Å². The molecule has 0 aromatic heterocycles. The van der Waals surface area contributed by atoms with Crippen molar-refractivity contribution in [1.82, 2.24) is 4.90 Å². The maximum atomic E-state index is 13.6. The molecule has 4 N–H and O–H groups in total. The Labute approximate surface area is 130 Å². The molecule has 2 rings (SSSR count). The van der Waals surface area contributed by atoms with E-state index in [1.807, 2.05) is 0 Å². The lowest BCUT2D eigenvalue weighted by Gasteiger charge is -2.28. The average molecular weight is 309 g/mol. The fraction of sp³-hybridized carbons (Fsp3) is 0.562. The van der Waals surface area contributed by atoms with Gasteiger partial charge in [-0.15, -0.1) is 0 Å². The number of rotatable bonds is 5. The van der Waals surface area contributed by atoms with Crippen LogP contribution in [0.4, 0.5) is 15.8 Å². The number of aliphatic hydroxyl groups excluding tert-OH is 1. The highest BCUT2D eigenvalue weighted by atomic mass is 19.1. The molecule has 122 valence electrons. The molecule has 1 atom stereocenters. The standard InChI is InChI=1S/C16H24FN3O2/c17-14-6-5-12(18)10-15(14)19-16(22)7-9-20-8-3-1-2-4-13(20)11-21/h5-6,10,13,21H,1-4,7-9,11,18H2,(H,19,22). The quantitative estimate of drug-likeness (QED) is 0.727. The van der Waals surface area contributed by atoms with E-state index >= 15 is 0 Å². The smallest absolute Gasteiger partial charge is 0.225 e. The molecular formula is C16H24FN3O2. The van der Waals surface area contributed by atoms with Crippen LogP contribution in [0.5, 0.6) is 0 Å². The molecule has 1 unspecified atom stereocenters. The van der Waals surface area contributed by atoms with Crippen LogP contribution in [0.3, 0.4) is 0 Å². The van der Waals surface area contributed by atoms with Crippen LogP contribution in [0.15, 0.2) is 18.2 Å². The topological polar surface area (TPSA) is 78.6 Å². The van der Waals surface area contributed by atoms with Gasteiger partial charge < -0.3 is 16.2 Å². The molecule has 1 aliphatic rings. The first kappa shape index (κ1) is 16.7. The molecule has 1 aliphatic heterocycles. The van der Waals surface area contributed by atoms with Gasteiger partial charge in [-0.2, -0.15) is 0 Å². The summed E-state index contributed by atoms with van der Waals surface area (Å²) in [5.74, 6) is -0.740. The second kappa shape index (κ2) is 8.10. The number of nitrogens with one attached hydrogen (secondary N) is 1. The molecule has 1 aromatic rings. The zero-order valence-electron chi connectivity index (χ0n) is 12.7. The number of amides is 1. The summed E-state index contributed by atoms with van der Waals surface area (Å²) in [6, 6.07) is 4.23. The number of halogens is 1. The van der Waals surface area contributed by atoms with Crippen LogP contribution < -0.4 is 11.1 Å². The van der Waals surface area contributed by atoms with Crippen LogP contribution in [-0.2, 0) is 4.79 Å². The SMILES string of the molecule is Nc1ccc(F)c(NC(=O)CCN2CCCCCC2CO)c1. The Kier molecular flexibility index (Phi) is 6.15. The normalized spacial score (nSPS) is 19.6. The molecule has 1 heterocycles. The van der Waals surface area contributed by atoms with Crippen molar-refractivity contribution in [1.29, 1.82) is 0 Å². The molecule has 22 heavy (non-hydrogen) atoms. The average Bonchev–Trinajstić information content (AvgIpc) is 2.73. The van der Waals surface area contributed by atoms with E-state index in [1.54, 1.807) is 0 Å². The number of hydrogen-bond donors (Lipinski definition) is 3. The first-order valence-corrected chi connectivity index (χ1v) is 7.80. The molecule has 6 heteroatoms. The van der Waals surface area contributed by atoms with Crippen LogP contribution in [0.2, 0.25) is 0 Å². The predicted molar refractivity (Wildman–Crippen MR) is 85.0 cm³/mol. The zero-order valence-corrected chi connectivity index (χ0v) is 12.7. The molecule has 5 nitrogen and oxygen atoms in total. The van der Waals surface area contributed by atoms with E-state index in [-0.39, 0.29) is 30.7 Å². The Morgan fingerprint density at radius 3 is 3.00 bits per heavy atom. The number of aliphatic hydroxyl groups is 1. The number of nitrogens with zero attached hydrogens (tertiary/aromatic N) is 1. The van der Waals surface area contributed by atoms with E-state index in [0.29, 0.717) is 12.2 Å². The number of likely N-dealkylation sites (tertiary alicyclic amines) is 1. The third-order valence-corrected chi connectivity index (χ3v) is 4.10. The van der Waals surface area contributed by atoms with Crippen LogP contribution >= 0.6 is 0 Å². The molecule has 1 amide bonds. The van der Waals surface area contributed by atoms with Crippen LogP contribution in [-0.4, -0.2) is 41.7 Å². The minimum atomic E-state index is -0.495. The number of hydrogen-bond acceptors (Lipinski definition) is 4. The second-order valence-corrected chi connectivity index (χ2v) is 5.76. The Morgan fingerprint density at radius 1 is 1.41 bits per heavy atom. The summed E-state index contributed by atoms with van der Waals surface area (Å²) in [7, 11) is 0. The van der Waals surface area contributed by atoms with Crippen molar-refractivity contribution in [3.63, 3.8) is 0 Å². The first-order chi connectivity index (χ1) is 10.6. The van der Waals surface area contributed by atoms with E-state index in [2.05, 4.69) is 10.2 Å². The summed E-state index contributed by atoms with van der Waals surface area (Å²) in [6.45, 7) is 1.58. The molecule has 0 aliphatic carbocycles. The molecule has 1 fully saturated rings. The van der Waals surface area contributed by atoms with E-state index in [9.17, 15) is 14.3 Å². The molecule has 1 saturated heterocycles. The third-order valence-electron chi connectivity index (χ3n) is 4.10. The minimum absolute atomic E-state index is 0.111. The van der Waals surface area contributed by atoms with Crippen molar-refractivity contribution >= 4 is 17.3 Å². The number of carbonyl (C=O) groups excluding carboxylic acids is 1. The van der Waals surface area contributed by atoms with Gasteiger partial charge in [0.05, 0.1) is 12.3 Å². The van der Waals surface area contributed by atoms with Crippen LogP contribution in [0.1, 0.15) is 32.1 Å². The lowest BCUT2D eigenvalue weighted by Crippen LogP contribution is -2.39. The summed E-state index contributed by atoms with van der Waals surface area (Å²) in [5, 5.41) is 12.0. The van der Waals surface area contributed by atoms with Gasteiger partial charge in [-0.25, -0.2) is 4.39 Å². The third kappa shape index (κ3) is 4.68. The van der Waals surface area contributed by atoms with Crippen molar-refractivity contribution in [2.24, 2.45) is 0 Å². The van der Waals surface area contributed by atoms with Gasteiger partial charge in [0.25, 0.3) is 0 Å². The molecular weight excluding hydrogens is 285 g/mol. The molecule has 0 bridgehead atoms. The van der Waals surface area contributed by atoms with E-state index in [0.717, 1.165) is 32.2 Å². The van der Waals surface area contributed by atoms with Crippen molar-refractivity contribution in [2.75, 3.05) is 30.7 Å². The summed E-state index contributed by atoms with van der Waals surface area (Å²) < 4.78 is 13.6. The largest absolute Gasteiger partial charge is 0.399 e. The van der Waals surface area contributed by atoms with Gasteiger partial charge in [0.1, 0.15) is 5.82 Å². The van der Waals surface area contributed by atoms with Gasteiger partial charge in [-0.1, -0.05) is 12.8 Å². The zero-order chi connectivity index (χ0) is 15.9. The van der Waals surface area contributed by atoms with Gasteiger partial charge in [-0.3, -0.25) is 9.69 Å². The lowest BCUT2D eigenvalue weighted by molar-refractivity contribution is -0.116. The predicted octanol–water partition coefficient (Wildman–Crippen LogP) is 1.97. The second-order valence-electron chi connectivity index (χ2n) is 5.76. The molecule has 0 saturated carbocycles. The van der Waals surface area contributed by atoms with E-state index < -0.39 is 5.82 Å². The van der Waals surface area contributed by atoms with Crippen molar-refractivity contribution in [3.05, 3.63) is 24.0 Å². The Bertz CT molecular complexity index is 510. The summed E-state index contributed by atoms with van der Waals surface area (Å²) >= 11 is 0. The van der Waals surface area contributed by atoms with Gasteiger partial charge in [0, 0.05) is 24.7 Å². The minimum Gasteiger partial charge on any atom is -0.399 e. The Morgan fingerprint density at radius 2 is 2.23 bits per heavy atom. The van der Waals surface area contributed by atoms with E-state index in [1.165, 1.54) is 18.2 Å². The fourth-order valence-electron chi connectivity index (χ4n) is 2.83. The highest BCUT2D eigenvalue weighted by molar-refractivity contribution is 5.91. The van der Waals surface area contributed by atoms with Crippen molar-refractivity contribution in [2.45, 2.75) is 38.1 Å².